The molecular weight excluding hydrogens is 811 g/mol. The van der Waals surface area contributed by atoms with Gasteiger partial charge in [-0.3, -0.25) is 0 Å². The molecule has 2 nitrogen and oxygen atoms in total. The smallest absolute Gasteiger partial charge is 0.0372 e. The fourth-order valence-electron chi connectivity index (χ4n) is 11.5. The number of anilines is 2. The van der Waals surface area contributed by atoms with Gasteiger partial charge in [0.05, 0.1) is 0 Å². The van der Waals surface area contributed by atoms with Gasteiger partial charge in [-0.05, 0) is 163 Å². The first-order valence-corrected chi connectivity index (χ1v) is 26.2. The van der Waals surface area contributed by atoms with Crippen molar-refractivity contribution < 1.29 is 0 Å². The molecule has 310 valence electrons. The third-order valence-electron chi connectivity index (χ3n) is 14.5. The van der Waals surface area contributed by atoms with Crippen LogP contribution in [0.5, 0.6) is 0 Å². The van der Waals surface area contributed by atoms with Crippen LogP contribution in [-0.2, 0) is 0 Å². The summed E-state index contributed by atoms with van der Waals surface area (Å²) in [6.45, 7) is 4.48. The molecule has 9 aromatic carbocycles. The molecule has 0 aliphatic carbocycles. The predicted octanol–water partition coefficient (Wildman–Crippen LogP) is 17.9. The second kappa shape index (κ2) is 15.7. The summed E-state index contributed by atoms with van der Waals surface area (Å²) in [4.78, 5) is 5.28. The van der Waals surface area contributed by atoms with Gasteiger partial charge in [-0.25, -0.2) is 0 Å². The second-order valence-electron chi connectivity index (χ2n) is 18.1. The van der Waals surface area contributed by atoms with Crippen LogP contribution in [0.2, 0.25) is 0 Å². The Hall–Kier alpha value is -6.30. The molecule has 0 spiro atoms. The van der Waals surface area contributed by atoms with Crippen LogP contribution in [0.4, 0.5) is 11.4 Å². The van der Waals surface area contributed by atoms with Gasteiger partial charge < -0.3 is 9.80 Å². The monoisotopic (exact) mass is 860 g/mol. The van der Waals surface area contributed by atoms with Gasteiger partial charge in [-0.15, -0.1) is 0 Å². The van der Waals surface area contributed by atoms with Gasteiger partial charge in [0.2, 0.25) is 0 Å². The van der Waals surface area contributed by atoms with Crippen LogP contribution in [0.3, 0.4) is 0 Å². The Morgan fingerprint density at radius 2 is 0.672 bits per heavy atom. The van der Waals surface area contributed by atoms with Crippen LogP contribution in [0.1, 0.15) is 38.5 Å². The Kier molecular flexibility index (Phi) is 9.39. The van der Waals surface area contributed by atoms with Crippen LogP contribution in [0, 0.1) is 0 Å². The van der Waals surface area contributed by atoms with Crippen molar-refractivity contribution in [2.24, 2.45) is 0 Å². The molecule has 4 heteroatoms. The number of fused-ring (bicyclic) bond motifs is 8. The zero-order valence-corrected chi connectivity index (χ0v) is 38.0. The lowest BCUT2D eigenvalue weighted by molar-refractivity contribution is 0.578. The zero-order valence-electron chi connectivity index (χ0n) is 36.2. The summed E-state index contributed by atoms with van der Waals surface area (Å²) < 4.78 is 0. The van der Waals surface area contributed by atoms with Crippen LogP contribution in [0.15, 0.2) is 182 Å². The molecule has 2 saturated heterocycles. The molecule has 2 aliphatic rings. The van der Waals surface area contributed by atoms with E-state index in [9.17, 15) is 0 Å². The minimum absolute atomic E-state index is 0.634. The molecule has 0 amide bonds. The molecule has 2 aliphatic heterocycles. The first kappa shape index (κ1) is 38.2. The minimum Gasteiger partial charge on any atom is -0.372 e. The van der Waals surface area contributed by atoms with Crippen LogP contribution >= 0.6 is 15.1 Å². The zero-order chi connectivity index (χ0) is 42.1. The van der Waals surface area contributed by atoms with Crippen LogP contribution in [-0.4, -0.2) is 26.2 Å². The molecule has 0 saturated carbocycles. The van der Waals surface area contributed by atoms with E-state index in [1.165, 1.54) is 146 Å². The lowest BCUT2D eigenvalue weighted by Gasteiger charge is -2.30. The van der Waals surface area contributed by atoms with Gasteiger partial charge in [-0.2, -0.15) is 0 Å². The topological polar surface area (TPSA) is 6.48 Å². The van der Waals surface area contributed by atoms with Gasteiger partial charge in [0.25, 0.3) is 0 Å². The summed E-state index contributed by atoms with van der Waals surface area (Å²) in [7, 11) is -1.27. The summed E-state index contributed by atoms with van der Waals surface area (Å²) in [5.74, 6) is 0. The highest BCUT2D eigenvalue weighted by atomic mass is 31.1. The van der Waals surface area contributed by atoms with Crippen LogP contribution in [0.25, 0.3) is 96.4 Å². The average molecular weight is 861 g/mol. The van der Waals surface area contributed by atoms with E-state index in [4.69, 9.17) is 0 Å². The maximum atomic E-state index is 2.64. The highest BCUT2D eigenvalue weighted by Crippen LogP contribution is 2.58. The lowest BCUT2D eigenvalue weighted by Crippen LogP contribution is -2.29. The van der Waals surface area contributed by atoms with Crippen molar-refractivity contribution in [3.8, 4) is 32.9 Å². The Labute approximate surface area is 377 Å². The molecule has 13 rings (SSSR count). The molecule has 0 N–H and O–H groups in total. The Balaban J connectivity index is 1.12. The minimum atomic E-state index is -0.634. The third kappa shape index (κ3) is 6.22. The SMILES string of the molecule is c1ccc(-p2c3ccccc3c3cc(-c4c5ccc(N6CCCCC6)cc5c(-c5ccc6c(c5)c5ccccc5p6-c5ccccc5)c5ccc(N6CCCCC6)cc45)ccc32)cc1. The third-order valence-corrected chi connectivity index (χ3v) is 19.6. The van der Waals surface area contributed by atoms with Crippen molar-refractivity contribution in [3.05, 3.63) is 182 Å². The van der Waals surface area contributed by atoms with E-state index >= 15 is 0 Å². The number of benzene rings is 9. The second-order valence-corrected chi connectivity index (χ2v) is 22.4. The molecular formula is C60H50N2P2. The molecule has 4 heterocycles. The van der Waals surface area contributed by atoms with Crippen molar-refractivity contribution in [2.45, 2.75) is 38.5 Å². The van der Waals surface area contributed by atoms with Crippen molar-refractivity contribution in [1.82, 2.24) is 0 Å². The lowest BCUT2D eigenvalue weighted by atomic mass is 9.84. The van der Waals surface area contributed by atoms with Crippen molar-refractivity contribution in [2.75, 3.05) is 36.0 Å². The molecule has 64 heavy (non-hydrogen) atoms. The quantitative estimate of drug-likeness (QED) is 0.154. The summed E-state index contributed by atoms with van der Waals surface area (Å²) in [6, 6.07) is 70.7. The van der Waals surface area contributed by atoms with E-state index in [2.05, 4.69) is 192 Å². The Bertz CT molecular complexity index is 3330. The van der Waals surface area contributed by atoms with E-state index < -0.39 is 15.1 Å². The number of piperidine rings is 2. The van der Waals surface area contributed by atoms with Crippen molar-refractivity contribution >= 4 is 90.0 Å². The van der Waals surface area contributed by atoms with Crippen LogP contribution < -0.4 is 9.80 Å². The number of hydrogen-bond donors (Lipinski definition) is 0. The molecule has 11 aromatic rings. The molecule has 2 aromatic heterocycles. The summed E-state index contributed by atoms with van der Waals surface area (Å²) in [5.41, 5.74) is 8.01. The average Bonchev–Trinajstić information content (AvgIpc) is 3.88. The van der Waals surface area contributed by atoms with E-state index in [-0.39, 0.29) is 0 Å². The standard InChI is InChI=1S/C60H50N2P2/c1-5-17-45(18-6-1)63-55-23-11-9-21-47(55)51-37-41(25-31-57(51)63)59-49-29-27-44(62-35-15-4-16-36-62)40-54(49)60(50-30-28-43(39-53(50)59)61-33-13-3-14-34-61)42-26-32-58-52(38-42)48-22-10-12-24-56(48)64(58)46-19-7-2-8-20-46/h1-2,5-12,17-32,37-40H,3-4,13-16,33-36H2. The largest absolute Gasteiger partial charge is 0.372 e. The molecule has 2 atom stereocenters. The van der Waals surface area contributed by atoms with Gasteiger partial charge in [-0.1, -0.05) is 149 Å². The molecule has 2 fully saturated rings. The fraction of sp³-hybridized carbons (Fsp3) is 0.167. The number of rotatable bonds is 6. The van der Waals surface area contributed by atoms with E-state index in [0.717, 1.165) is 26.2 Å². The van der Waals surface area contributed by atoms with Crippen molar-refractivity contribution in [3.63, 3.8) is 0 Å². The van der Waals surface area contributed by atoms with Gasteiger partial charge in [0.1, 0.15) is 0 Å². The summed E-state index contributed by atoms with van der Waals surface area (Å²) in [5, 5.41) is 19.6. The van der Waals surface area contributed by atoms with Crippen molar-refractivity contribution in [1.29, 1.82) is 0 Å². The van der Waals surface area contributed by atoms with E-state index in [0.29, 0.717) is 0 Å². The fourth-order valence-corrected chi connectivity index (χ4v) is 16.7. The van der Waals surface area contributed by atoms with E-state index in [1.807, 2.05) is 0 Å². The normalized spacial score (nSPS) is 15.4. The molecule has 0 radical (unpaired) electrons. The van der Waals surface area contributed by atoms with Gasteiger partial charge in [0, 0.05) is 58.0 Å². The number of hydrogen-bond acceptors (Lipinski definition) is 2. The highest BCUT2D eigenvalue weighted by Gasteiger charge is 2.24. The Morgan fingerprint density at radius 1 is 0.281 bits per heavy atom. The maximum Gasteiger partial charge on any atom is 0.0372 e. The Morgan fingerprint density at radius 3 is 1.11 bits per heavy atom. The predicted molar refractivity (Wildman–Crippen MR) is 283 cm³/mol. The van der Waals surface area contributed by atoms with Gasteiger partial charge in [0.15, 0.2) is 0 Å². The van der Waals surface area contributed by atoms with E-state index in [1.54, 1.807) is 0 Å². The highest BCUT2D eigenvalue weighted by molar-refractivity contribution is 7.68. The summed E-state index contributed by atoms with van der Waals surface area (Å²) in [6.07, 6.45) is 7.65. The molecule has 2 unspecified atom stereocenters. The molecule has 0 bridgehead atoms. The first-order chi connectivity index (χ1) is 31.8. The number of nitrogens with zero attached hydrogens (tertiary/aromatic N) is 2. The maximum absolute atomic E-state index is 2.64. The van der Waals surface area contributed by atoms with Gasteiger partial charge >= 0.3 is 0 Å². The first-order valence-electron chi connectivity index (χ1n) is 23.5. The summed E-state index contributed by atoms with van der Waals surface area (Å²) >= 11 is 0.